The Hall–Kier alpha value is -3.11. The van der Waals surface area contributed by atoms with Crippen LogP contribution in [0.1, 0.15) is 11.1 Å². The van der Waals surface area contributed by atoms with Crippen LogP contribution in [0.15, 0.2) is 97.1 Å². The second-order valence-electron chi connectivity index (χ2n) is 8.41. The van der Waals surface area contributed by atoms with Crippen molar-refractivity contribution in [1.29, 1.82) is 0 Å². The number of halogens is 1. The minimum Gasteiger partial charge on any atom is -0.281 e. The number of fused-ring (bicyclic) bond motifs is 6. The maximum atomic E-state index is 2.52. The van der Waals surface area contributed by atoms with E-state index in [4.69, 9.17) is 0 Å². The van der Waals surface area contributed by atoms with Gasteiger partial charge in [-0.2, -0.15) is 0 Å². The van der Waals surface area contributed by atoms with Gasteiger partial charge in [-0.3, -0.25) is 3.11 Å². The van der Waals surface area contributed by atoms with E-state index >= 15 is 0 Å². The van der Waals surface area contributed by atoms with Crippen LogP contribution in [0.25, 0.3) is 43.1 Å². The maximum absolute atomic E-state index is 2.52. The molecule has 2 heteroatoms. The molecule has 0 atom stereocenters. The lowest BCUT2D eigenvalue weighted by Gasteiger charge is -2.27. The summed E-state index contributed by atoms with van der Waals surface area (Å²) in [5.41, 5.74) is 5.16. The van der Waals surface area contributed by atoms with Gasteiger partial charge in [0.25, 0.3) is 0 Å². The van der Waals surface area contributed by atoms with Gasteiger partial charge in [-0.05, 0) is 57.3 Å². The van der Waals surface area contributed by atoms with E-state index in [0.717, 1.165) is 0 Å². The Labute approximate surface area is 201 Å². The zero-order valence-corrected chi connectivity index (χ0v) is 20.2. The minimum atomic E-state index is 1.27. The van der Waals surface area contributed by atoms with E-state index in [1.165, 1.54) is 65.6 Å². The van der Waals surface area contributed by atoms with E-state index in [9.17, 15) is 0 Å². The molecule has 32 heavy (non-hydrogen) atoms. The van der Waals surface area contributed by atoms with Crippen LogP contribution >= 0.6 is 22.9 Å². The average molecular weight is 523 g/mol. The Bertz CT molecular complexity index is 1540. The predicted octanol–water partition coefficient (Wildman–Crippen LogP) is 9.40. The molecule has 6 aromatic rings. The number of hydrogen-bond donors (Lipinski definition) is 0. The first-order valence-corrected chi connectivity index (χ1v) is 11.9. The van der Waals surface area contributed by atoms with Crippen molar-refractivity contribution < 1.29 is 0 Å². The van der Waals surface area contributed by atoms with Crippen molar-refractivity contribution in [3.63, 3.8) is 0 Å². The molecule has 0 unspecified atom stereocenters. The number of aryl methyl sites for hydroxylation is 2. The summed E-state index contributed by atoms with van der Waals surface area (Å²) in [5.74, 6) is 0. The van der Waals surface area contributed by atoms with Gasteiger partial charge < -0.3 is 0 Å². The molecule has 0 radical (unpaired) electrons. The summed E-state index contributed by atoms with van der Waals surface area (Å²) in [6, 6.07) is 35.1. The summed E-state index contributed by atoms with van der Waals surface area (Å²) in [6.07, 6.45) is 0. The average Bonchev–Trinajstić information content (AvgIpc) is 2.84. The molecular formula is C30H22IN. The Morgan fingerprint density at radius 3 is 1.00 bits per heavy atom. The first-order valence-electron chi connectivity index (χ1n) is 10.9. The maximum Gasteiger partial charge on any atom is 0.0646 e. The van der Waals surface area contributed by atoms with Gasteiger partial charge in [0.2, 0.25) is 0 Å². The van der Waals surface area contributed by atoms with E-state index < -0.39 is 0 Å². The summed E-state index contributed by atoms with van der Waals surface area (Å²) in [4.78, 5) is 0. The SMILES string of the molecule is Cc1c(N(I)c2c(C)c3ccccc3c3ccccc23)c2ccccc2c2ccccc12. The monoisotopic (exact) mass is 523 g/mol. The summed E-state index contributed by atoms with van der Waals surface area (Å²) in [5, 5.41) is 10.4. The summed E-state index contributed by atoms with van der Waals surface area (Å²) < 4.78 is 2.39. The molecule has 6 rings (SSSR count). The highest BCUT2D eigenvalue weighted by atomic mass is 127. The van der Waals surface area contributed by atoms with Crippen LogP contribution in [0.4, 0.5) is 11.4 Å². The first-order chi connectivity index (χ1) is 15.7. The van der Waals surface area contributed by atoms with Crippen LogP contribution in [0.3, 0.4) is 0 Å². The number of nitrogens with zero attached hydrogens (tertiary/aromatic N) is 1. The number of benzene rings is 6. The number of anilines is 2. The molecule has 0 aliphatic carbocycles. The minimum absolute atomic E-state index is 1.27. The second-order valence-corrected chi connectivity index (χ2v) is 9.38. The molecule has 0 N–H and O–H groups in total. The van der Waals surface area contributed by atoms with Crippen molar-refractivity contribution in [2.75, 3.05) is 3.11 Å². The van der Waals surface area contributed by atoms with Gasteiger partial charge in [-0.1, -0.05) is 97.1 Å². The fourth-order valence-corrected chi connectivity index (χ4v) is 6.46. The van der Waals surface area contributed by atoms with Crippen LogP contribution in [0.5, 0.6) is 0 Å². The number of hydrogen-bond acceptors (Lipinski definition) is 1. The molecule has 0 amide bonds. The molecule has 1 nitrogen and oxygen atoms in total. The molecule has 154 valence electrons. The third-order valence-corrected chi connectivity index (χ3v) is 7.67. The van der Waals surface area contributed by atoms with Crippen molar-refractivity contribution in [1.82, 2.24) is 0 Å². The lowest BCUT2D eigenvalue weighted by atomic mass is 9.93. The predicted molar refractivity (Wildman–Crippen MR) is 149 cm³/mol. The van der Waals surface area contributed by atoms with Crippen molar-refractivity contribution in [2.45, 2.75) is 13.8 Å². The summed E-state index contributed by atoms with van der Waals surface area (Å²) in [7, 11) is 0. The fraction of sp³-hybridized carbons (Fsp3) is 0.0667. The zero-order chi connectivity index (χ0) is 21.8. The molecule has 0 spiro atoms. The van der Waals surface area contributed by atoms with E-state index in [1.807, 2.05) is 0 Å². The molecule has 0 saturated carbocycles. The van der Waals surface area contributed by atoms with E-state index in [1.54, 1.807) is 0 Å². The normalized spacial score (nSPS) is 11.6. The van der Waals surface area contributed by atoms with Gasteiger partial charge >= 0.3 is 0 Å². The fourth-order valence-electron chi connectivity index (χ4n) is 5.22. The van der Waals surface area contributed by atoms with Gasteiger partial charge in [-0.15, -0.1) is 0 Å². The molecule has 6 aromatic carbocycles. The first kappa shape index (κ1) is 19.6. The zero-order valence-electron chi connectivity index (χ0n) is 18.1. The molecule has 0 saturated heterocycles. The molecule has 0 aliphatic heterocycles. The van der Waals surface area contributed by atoms with Crippen LogP contribution in [0.2, 0.25) is 0 Å². The lowest BCUT2D eigenvalue weighted by molar-refractivity contribution is 1.41. The third kappa shape index (κ3) is 2.75. The van der Waals surface area contributed by atoms with Gasteiger partial charge in [-0.25, -0.2) is 0 Å². The van der Waals surface area contributed by atoms with Gasteiger partial charge in [0.1, 0.15) is 0 Å². The molecule has 0 aliphatic rings. The third-order valence-electron chi connectivity index (χ3n) is 6.71. The second kappa shape index (κ2) is 7.49. The Kier molecular flexibility index (Phi) is 4.58. The standard InChI is InChI=1S/C30H22IN/c1-19-21-11-3-5-13-23(21)25-15-7-9-17-27(25)29(19)32(31)30-20(2)22-12-4-6-14-24(22)26-16-8-10-18-28(26)30/h3-18H,1-2H3. The van der Waals surface area contributed by atoms with Crippen molar-refractivity contribution in [3.8, 4) is 0 Å². The highest BCUT2D eigenvalue weighted by molar-refractivity contribution is 14.1. The number of rotatable bonds is 2. The van der Waals surface area contributed by atoms with Crippen LogP contribution in [-0.2, 0) is 0 Å². The summed E-state index contributed by atoms with van der Waals surface area (Å²) >= 11 is 2.52. The van der Waals surface area contributed by atoms with Gasteiger partial charge in [0.05, 0.1) is 34.2 Å². The van der Waals surface area contributed by atoms with Crippen LogP contribution in [0, 0.1) is 13.8 Å². The molecular weight excluding hydrogens is 501 g/mol. The van der Waals surface area contributed by atoms with Crippen molar-refractivity contribution in [3.05, 3.63) is 108 Å². The van der Waals surface area contributed by atoms with E-state index in [2.05, 4.69) is 137 Å². The van der Waals surface area contributed by atoms with Crippen molar-refractivity contribution in [2.24, 2.45) is 0 Å². The van der Waals surface area contributed by atoms with Crippen molar-refractivity contribution >= 4 is 77.3 Å². The largest absolute Gasteiger partial charge is 0.281 e. The highest BCUT2D eigenvalue weighted by Gasteiger charge is 2.21. The Morgan fingerprint density at radius 1 is 0.406 bits per heavy atom. The van der Waals surface area contributed by atoms with Crippen LogP contribution in [-0.4, -0.2) is 0 Å². The quantitative estimate of drug-likeness (QED) is 0.124. The molecule has 0 heterocycles. The van der Waals surface area contributed by atoms with E-state index in [0.29, 0.717) is 0 Å². The molecule has 0 aromatic heterocycles. The van der Waals surface area contributed by atoms with Crippen LogP contribution < -0.4 is 3.11 Å². The molecule has 0 fully saturated rings. The van der Waals surface area contributed by atoms with E-state index in [-0.39, 0.29) is 0 Å². The highest BCUT2D eigenvalue weighted by Crippen LogP contribution is 2.47. The van der Waals surface area contributed by atoms with Gasteiger partial charge in [0, 0.05) is 10.8 Å². The smallest absolute Gasteiger partial charge is 0.0646 e. The summed E-state index contributed by atoms with van der Waals surface area (Å²) in [6.45, 7) is 4.52. The Balaban J connectivity index is 1.76. The molecule has 0 bridgehead atoms. The Morgan fingerprint density at radius 2 is 0.656 bits per heavy atom. The lowest BCUT2D eigenvalue weighted by Crippen LogP contribution is -2.07. The van der Waals surface area contributed by atoms with Gasteiger partial charge in [0.15, 0.2) is 0 Å². The topological polar surface area (TPSA) is 3.24 Å².